The van der Waals surface area contributed by atoms with Crippen LogP contribution in [0.15, 0.2) is 59.6 Å². The van der Waals surface area contributed by atoms with E-state index in [-0.39, 0.29) is 0 Å². The second-order valence-electron chi connectivity index (χ2n) is 6.54. The topological polar surface area (TPSA) is 40.1 Å². The molecular formula is C21H30N4O. The van der Waals surface area contributed by atoms with E-state index in [1.54, 1.807) is 0 Å². The molecule has 0 saturated heterocycles. The van der Waals surface area contributed by atoms with Gasteiger partial charge in [-0.05, 0) is 37.4 Å². The van der Waals surface area contributed by atoms with Crippen molar-refractivity contribution in [2.45, 2.75) is 13.1 Å². The third-order valence-corrected chi connectivity index (χ3v) is 3.99. The third-order valence-electron chi connectivity index (χ3n) is 3.99. The van der Waals surface area contributed by atoms with Gasteiger partial charge < -0.3 is 19.9 Å². The van der Waals surface area contributed by atoms with Crippen molar-refractivity contribution in [2.75, 3.05) is 41.3 Å². The molecule has 0 aliphatic rings. The lowest BCUT2D eigenvalue weighted by atomic mass is 10.2. The lowest BCUT2D eigenvalue weighted by molar-refractivity contribution is 0.261. The summed E-state index contributed by atoms with van der Waals surface area (Å²) in [6.45, 7) is 3.11. The maximum atomic E-state index is 5.81. The molecular weight excluding hydrogens is 324 g/mol. The summed E-state index contributed by atoms with van der Waals surface area (Å²) in [6, 6.07) is 18.6. The fourth-order valence-corrected chi connectivity index (χ4v) is 2.59. The van der Waals surface area contributed by atoms with Gasteiger partial charge in [-0.3, -0.25) is 4.99 Å². The highest BCUT2D eigenvalue weighted by Gasteiger charge is 2.07. The SMILES string of the molecule is CN=C(NCc1cccc(OCCN(C)C)c1)N(C)Cc1ccccc1. The number of aliphatic imine (C=N–C) groups is 1. The highest BCUT2D eigenvalue weighted by atomic mass is 16.5. The Labute approximate surface area is 157 Å². The Kier molecular flexibility index (Phi) is 7.96. The average Bonchev–Trinajstić information content (AvgIpc) is 2.63. The van der Waals surface area contributed by atoms with Crippen molar-refractivity contribution in [3.63, 3.8) is 0 Å². The van der Waals surface area contributed by atoms with Crippen LogP contribution in [0.5, 0.6) is 5.75 Å². The largest absolute Gasteiger partial charge is 0.492 e. The number of ether oxygens (including phenoxy) is 1. The zero-order valence-corrected chi connectivity index (χ0v) is 16.3. The van der Waals surface area contributed by atoms with Crippen molar-refractivity contribution in [2.24, 2.45) is 4.99 Å². The van der Waals surface area contributed by atoms with Crippen molar-refractivity contribution in [1.29, 1.82) is 0 Å². The molecule has 2 rings (SSSR count). The van der Waals surface area contributed by atoms with Crippen LogP contribution < -0.4 is 10.1 Å². The van der Waals surface area contributed by atoms with Gasteiger partial charge in [0.25, 0.3) is 0 Å². The molecule has 0 unspecified atom stereocenters. The van der Waals surface area contributed by atoms with Gasteiger partial charge in [0, 0.05) is 33.7 Å². The first kappa shape index (κ1) is 19.8. The van der Waals surface area contributed by atoms with Gasteiger partial charge in [0.15, 0.2) is 5.96 Å². The van der Waals surface area contributed by atoms with E-state index in [2.05, 4.69) is 56.5 Å². The van der Waals surface area contributed by atoms with Crippen LogP contribution in [0.4, 0.5) is 0 Å². The summed E-state index contributed by atoms with van der Waals surface area (Å²) in [6.07, 6.45) is 0. The summed E-state index contributed by atoms with van der Waals surface area (Å²) in [5.74, 6) is 1.77. The van der Waals surface area contributed by atoms with Gasteiger partial charge in [-0.15, -0.1) is 0 Å². The fraction of sp³-hybridized carbons (Fsp3) is 0.381. The van der Waals surface area contributed by atoms with Crippen LogP contribution in [0.2, 0.25) is 0 Å². The standard InChI is InChI=1S/C21H30N4O/c1-22-21(25(4)17-18-9-6-5-7-10-18)23-16-19-11-8-12-20(15-19)26-14-13-24(2)3/h5-12,15H,13-14,16-17H2,1-4H3,(H,22,23). The molecule has 2 aromatic carbocycles. The first-order chi connectivity index (χ1) is 12.6. The molecule has 5 heteroatoms. The Bertz CT molecular complexity index is 685. The van der Waals surface area contributed by atoms with Crippen LogP contribution in [0.3, 0.4) is 0 Å². The van der Waals surface area contributed by atoms with Crippen LogP contribution >= 0.6 is 0 Å². The quantitative estimate of drug-likeness (QED) is 0.585. The molecule has 0 atom stereocenters. The molecule has 1 N–H and O–H groups in total. The fourth-order valence-electron chi connectivity index (χ4n) is 2.59. The van der Waals surface area contributed by atoms with Crippen LogP contribution in [0.25, 0.3) is 0 Å². The van der Waals surface area contributed by atoms with Gasteiger partial charge in [-0.2, -0.15) is 0 Å². The number of nitrogens with one attached hydrogen (secondary N) is 1. The Morgan fingerprint density at radius 2 is 1.73 bits per heavy atom. The predicted octanol–water partition coefficient (Wildman–Crippen LogP) is 2.83. The van der Waals surface area contributed by atoms with Crippen molar-refractivity contribution in [1.82, 2.24) is 15.1 Å². The van der Waals surface area contributed by atoms with Gasteiger partial charge in [-0.1, -0.05) is 42.5 Å². The smallest absolute Gasteiger partial charge is 0.193 e. The maximum Gasteiger partial charge on any atom is 0.193 e. The molecule has 5 nitrogen and oxygen atoms in total. The van der Waals surface area contributed by atoms with Crippen molar-refractivity contribution in [3.05, 3.63) is 65.7 Å². The molecule has 0 amide bonds. The zero-order chi connectivity index (χ0) is 18.8. The van der Waals surface area contributed by atoms with Gasteiger partial charge in [0.05, 0.1) is 0 Å². The first-order valence-electron chi connectivity index (χ1n) is 8.90. The maximum absolute atomic E-state index is 5.81. The molecule has 0 aliphatic carbocycles. The van der Waals surface area contributed by atoms with E-state index in [9.17, 15) is 0 Å². The van der Waals surface area contributed by atoms with Crippen LogP contribution in [-0.4, -0.2) is 57.1 Å². The van der Waals surface area contributed by atoms with E-state index < -0.39 is 0 Å². The summed E-state index contributed by atoms with van der Waals surface area (Å²) < 4.78 is 5.81. The van der Waals surface area contributed by atoms with E-state index in [1.165, 1.54) is 11.1 Å². The van der Waals surface area contributed by atoms with E-state index in [0.29, 0.717) is 13.2 Å². The third kappa shape index (κ3) is 6.76. The number of likely N-dealkylation sites (N-methyl/N-ethyl adjacent to an activating group) is 1. The Balaban J connectivity index is 1.87. The number of benzene rings is 2. The number of guanidine groups is 1. The Morgan fingerprint density at radius 1 is 1.00 bits per heavy atom. The Hall–Kier alpha value is -2.53. The zero-order valence-electron chi connectivity index (χ0n) is 16.3. The number of hydrogen-bond donors (Lipinski definition) is 1. The molecule has 0 bridgehead atoms. The second kappa shape index (κ2) is 10.5. The first-order valence-corrected chi connectivity index (χ1v) is 8.90. The molecule has 0 radical (unpaired) electrons. The molecule has 0 fully saturated rings. The average molecular weight is 354 g/mol. The Morgan fingerprint density at radius 3 is 2.42 bits per heavy atom. The minimum absolute atomic E-state index is 0.686. The van der Waals surface area contributed by atoms with Crippen LogP contribution in [0, 0.1) is 0 Å². The van der Waals surface area contributed by atoms with E-state index in [4.69, 9.17) is 4.74 Å². The summed E-state index contributed by atoms with van der Waals surface area (Å²) in [7, 11) is 7.94. The molecule has 2 aromatic rings. The molecule has 0 heterocycles. The molecule has 140 valence electrons. The van der Waals surface area contributed by atoms with Crippen molar-refractivity contribution >= 4 is 5.96 Å². The number of hydrogen-bond acceptors (Lipinski definition) is 3. The van der Waals surface area contributed by atoms with Crippen molar-refractivity contribution < 1.29 is 4.74 Å². The minimum Gasteiger partial charge on any atom is -0.492 e. The number of nitrogens with zero attached hydrogens (tertiary/aromatic N) is 3. The lowest BCUT2D eigenvalue weighted by Gasteiger charge is -2.22. The lowest BCUT2D eigenvalue weighted by Crippen LogP contribution is -2.38. The van der Waals surface area contributed by atoms with Gasteiger partial charge >= 0.3 is 0 Å². The summed E-state index contributed by atoms with van der Waals surface area (Å²) in [4.78, 5) is 8.61. The number of rotatable bonds is 8. The van der Waals surface area contributed by atoms with Crippen LogP contribution in [0.1, 0.15) is 11.1 Å². The minimum atomic E-state index is 0.686. The van der Waals surface area contributed by atoms with Gasteiger partial charge in [0.1, 0.15) is 12.4 Å². The molecule has 0 saturated carbocycles. The molecule has 0 aromatic heterocycles. The van der Waals surface area contributed by atoms with Gasteiger partial charge in [0.2, 0.25) is 0 Å². The predicted molar refractivity (Wildman–Crippen MR) is 109 cm³/mol. The summed E-state index contributed by atoms with van der Waals surface area (Å²) in [5.41, 5.74) is 2.43. The second-order valence-corrected chi connectivity index (χ2v) is 6.54. The molecule has 26 heavy (non-hydrogen) atoms. The summed E-state index contributed by atoms with van der Waals surface area (Å²) in [5, 5.41) is 3.42. The molecule has 0 spiro atoms. The van der Waals surface area contributed by atoms with E-state index >= 15 is 0 Å². The van der Waals surface area contributed by atoms with Crippen LogP contribution in [-0.2, 0) is 13.1 Å². The van der Waals surface area contributed by atoms with E-state index in [1.807, 2.05) is 46.4 Å². The highest BCUT2D eigenvalue weighted by molar-refractivity contribution is 5.79. The summed E-state index contributed by atoms with van der Waals surface area (Å²) >= 11 is 0. The molecule has 0 aliphatic heterocycles. The highest BCUT2D eigenvalue weighted by Crippen LogP contribution is 2.13. The van der Waals surface area contributed by atoms with Crippen molar-refractivity contribution in [3.8, 4) is 5.75 Å². The normalized spacial score (nSPS) is 11.5. The van der Waals surface area contributed by atoms with E-state index in [0.717, 1.165) is 24.8 Å². The van der Waals surface area contributed by atoms with Gasteiger partial charge in [-0.25, -0.2) is 0 Å². The monoisotopic (exact) mass is 354 g/mol.